The van der Waals surface area contributed by atoms with Crippen LogP contribution in [0.5, 0.6) is 0 Å². The standard InChI is InChI=1S/C11H26N2O/c1-6-13(10(2)3)8-7-12-11(4)9-14-5/h10-12H,6-9H2,1-5H3. The normalized spacial score (nSPS) is 13.9. The van der Waals surface area contributed by atoms with Crippen LogP contribution in [0, 0.1) is 0 Å². The number of ether oxygens (including phenoxy) is 1. The quantitative estimate of drug-likeness (QED) is 0.643. The minimum atomic E-state index is 0.450. The molecule has 0 aromatic carbocycles. The fourth-order valence-corrected chi connectivity index (χ4v) is 1.54. The van der Waals surface area contributed by atoms with Crippen LogP contribution < -0.4 is 5.32 Å². The van der Waals surface area contributed by atoms with Gasteiger partial charge in [-0.15, -0.1) is 0 Å². The van der Waals surface area contributed by atoms with Gasteiger partial charge in [0.05, 0.1) is 6.61 Å². The first-order valence-corrected chi connectivity index (χ1v) is 5.58. The topological polar surface area (TPSA) is 24.5 Å². The Balaban J connectivity index is 3.50. The summed E-state index contributed by atoms with van der Waals surface area (Å²) in [6.07, 6.45) is 0. The van der Waals surface area contributed by atoms with Crippen LogP contribution in [-0.2, 0) is 4.74 Å². The molecule has 0 amide bonds. The molecular formula is C11H26N2O. The zero-order valence-electron chi connectivity index (χ0n) is 10.3. The first kappa shape index (κ1) is 13.9. The van der Waals surface area contributed by atoms with E-state index in [0.29, 0.717) is 12.1 Å². The summed E-state index contributed by atoms with van der Waals surface area (Å²) >= 11 is 0. The van der Waals surface area contributed by atoms with E-state index in [4.69, 9.17) is 4.74 Å². The molecule has 0 aliphatic heterocycles. The lowest BCUT2D eigenvalue weighted by molar-refractivity contribution is 0.166. The number of hydrogen-bond donors (Lipinski definition) is 1. The van der Waals surface area contributed by atoms with Gasteiger partial charge in [0.1, 0.15) is 0 Å². The predicted octanol–water partition coefficient (Wildman–Crippen LogP) is 1.34. The summed E-state index contributed by atoms with van der Waals surface area (Å²) < 4.78 is 5.06. The largest absolute Gasteiger partial charge is 0.383 e. The van der Waals surface area contributed by atoms with E-state index in [0.717, 1.165) is 26.2 Å². The Morgan fingerprint density at radius 2 is 1.93 bits per heavy atom. The van der Waals surface area contributed by atoms with Gasteiger partial charge in [0, 0.05) is 32.3 Å². The number of methoxy groups -OCH3 is 1. The van der Waals surface area contributed by atoms with Crippen LogP contribution in [0.3, 0.4) is 0 Å². The molecule has 0 rings (SSSR count). The molecule has 0 aromatic rings. The average Bonchev–Trinajstić information content (AvgIpc) is 2.12. The lowest BCUT2D eigenvalue weighted by Gasteiger charge is -2.25. The predicted molar refractivity (Wildman–Crippen MR) is 61.7 cm³/mol. The molecule has 0 bridgehead atoms. The molecule has 1 N–H and O–H groups in total. The Labute approximate surface area is 88.8 Å². The number of nitrogens with zero attached hydrogens (tertiary/aromatic N) is 1. The second kappa shape index (κ2) is 8.21. The molecule has 1 atom stereocenters. The van der Waals surface area contributed by atoms with Gasteiger partial charge < -0.3 is 10.1 Å². The summed E-state index contributed by atoms with van der Waals surface area (Å²) in [5, 5.41) is 3.44. The van der Waals surface area contributed by atoms with Crippen LogP contribution in [0.4, 0.5) is 0 Å². The van der Waals surface area contributed by atoms with Crippen molar-refractivity contribution in [3.63, 3.8) is 0 Å². The second-order valence-electron chi connectivity index (χ2n) is 4.03. The number of nitrogens with one attached hydrogen (secondary N) is 1. The van der Waals surface area contributed by atoms with Gasteiger partial charge in [-0.25, -0.2) is 0 Å². The molecule has 0 heterocycles. The van der Waals surface area contributed by atoms with Gasteiger partial charge in [0.2, 0.25) is 0 Å². The molecular weight excluding hydrogens is 176 g/mol. The van der Waals surface area contributed by atoms with Crippen LogP contribution in [0.1, 0.15) is 27.7 Å². The maximum atomic E-state index is 5.06. The van der Waals surface area contributed by atoms with E-state index in [9.17, 15) is 0 Å². The highest BCUT2D eigenvalue weighted by atomic mass is 16.5. The maximum absolute atomic E-state index is 5.06. The molecule has 3 heteroatoms. The van der Waals surface area contributed by atoms with Crippen LogP contribution >= 0.6 is 0 Å². The molecule has 0 radical (unpaired) electrons. The Kier molecular flexibility index (Phi) is 8.14. The van der Waals surface area contributed by atoms with E-state index in [1.807, 2.05) is 0 Å². The summed E-state index contributed by atoms with van der Waals surface area (Å²) in [4.78, 5) is 2.45. The summed E-state index contributed by atoms with van der Waals surface area (Å²) in [5.41, 5.74) is 0. The number of rotatable bonds is 8. The summed E-state index contributed by atoms with van der Waals surface area (Å²) in [5.74, 6) is 0. The maximum Gasteiger partial charge on any atom is 0.0613 e. The van der Waals surface area contributed by atoms with E-state index >= 15 is 0 Å². The molecule has 3 nitrogen and oxygen atoms in total. The number of hydrogen-bond acceptors (Lipinski definition) is 3. The molecule has 0 saturated carbocycles. The van der Waals surface area contributed by atoms with Gasteiger partial charge >= 0.3 is 0 Å². The van der Waals surface area contributed by atoms with Crippen molar-refractivity contribution in [1.29, 1.82) is 0 Å². The van der Waals surface area contributed by atoms with E-state index in [2.05, 4.69) is 37.9 Å². The van der Waals surface area contributed by atoms with Crippen molar-refractivity contribution in [3.8, 4) is 0 Å². The lowest BCUT2D eigenvalue weighted by Crippen LogP contribution is -2.40. The van der Waals surface area contributed by atoms with Crippen molar-refractivity contribution in [2.45, 2.75) is 39.8 Å². The van der Waals surface area contributed by atoms with Crippen molar-refractivity contribution in [3.05, 3.63) is 0 Å². The van der Waals surface area contributed by atoms with Crippen LogP contribution in [0.2, 0.25) is 0 Å². The Hall–Kier alpha value is -0.120. The SMILES string of the molecule is CCN(CCNC(C)COC)C(C)C. The van der Waals surface area contributed by atoms with Crippen molar-refractivity contribution in [2.75, 3.05) is 33.4 Å². The highest BCUT2D eigenvalue weighted by molar-refractivity contribution is 4.65. The monoisotopic (exact) mass is 202 g/mol. The van der Waals surface area contributed by atoms with Crippen molar-refractivity contribution < 1.29 is 4.74 Å². The second-order valence-corrected chi connectivity index (χ2v) is 4.03. The zero-order valence-corrected chi connectivity index (χ0v) is 10.3. The molecule has 0 aliphatic carbocycles. The van der Waals surface area contributed by atoms with Crippen molar-refractivity contribution in [1.82, 2.24) is 10.2 Å². The molecule has 14 heavy (non-hydrogen) atoms. The Morgan fingerprint density at radius 1 is 1.29 bits per heavy atom. The van der Waals surface area contributed by atoms with Crippen molar-refractivity contribution in [2.24, 2.45) is 0 Å². The molecule has 0 aliphatic rings. The molecule has 0 fully saturated rings. The third-order valence-corrected chi connectivity index (χ3v) is 2.44. The number of likely N-dealkylation sites (N-methyl/N-ethyl adjacent to an activating group) is 1. The third kappa shape index (κ3) is 6.35. The van der Waals surface area contributed by atoms with E-state index in [-0.39, 0.29) is 0 Å². The van der Waals surface area contributed by atoms with Crippen LogP contribution in [-0.4, -0.2) is 50.3 Å². The summed E-state index contributed by atoms with van der Waals surface area (Å²) in [6.45, 7) is 12.9. The minimum Gasteiger partial charge on any atom is -0.383 e. The minimum absolute atomic E-state index is 0.450. The van der Waals surface area contributed by atoms with Gasteiger partial charge in [0.15, 0.2) is 0 Å². The highest BCUT2D eigenvalue weighted by Gasteiger charge is 2.06. The molecule has 0 aromatic heterocycles. The zero-order chi connectivity index (χ0) is 11.0. The summed E-state index contributed by atoms with van der Waals surface area (Å²) in [7, 11) is 1.74. The smallest absolute Gasteiger partial charge is 0.0613 e. The van der Waals surface area contributed by atoms with Crippen molar-refractivity contribution >= 4 is 0 Å². The first-order chi connectivity index (χ1) is 6.61. The molecule has 0 spiro atoms. The van der Waals surface area contributed by atoms with Gasteiger partial charge in [-0.2, -0.15) is 0 Å². The van der Waals surface area contributed by atoms with Crippen LogP contribution in [0.15, 0.2) is 0 Å². The average molecular weight is 202 g/mol. The fourth-order valence-electron chi connectivity index (χ4n) is 1.54. The Morgan fingerprint density at radius 3 is 2.36 bits per heavy atom. The molecule has 86 valence electrons. The van der Waals surface area contributed by atoms with E-state index in [1.54, 1.807) is 7.11 Å². The van der Waals surface area contributed by atoms with Gasteiger partial charge in [0.25, 0.3) is 0 Å². The van der Waals surface area contributed by atoms with Gasteiger partial charge in [-0.05, 0) is 27.3 Å². The highest BCUT2D eigenvalue weighted by Crippen LogP contribution is 1.95. The Bertz CT molecular complexity index is 128. The van der Waals surface area contributed by atoms with Gasteiger partial charge in [-0.1, -0.05) is 6.92 Å². The molecule has 0 saturated heterocycles. The lowest BCUT2D eigenvalue weighted by atomic mass is 10.3. The third-order valence-electron chi connectivity index (χ3n) is 2.44. The van der Waals surface area contributed by atoms with Gasteiger partial charge in [-0.3, -0.25) is 4.90 Å². The fraction of sp³-hybridized carbons (Fsp3) is 1.00. The van der Waals surface area contributed by atoms with E-state index in [1.165, 1.54) is 0 Å². The molecule has 1 unspecified atom stereocenters. The van der Waals surface area contributed by atoms with Crippen LogP contribution in [0.25, 0.3) is 0 Å². The van der Waals surface area contributed by atoms with E-state index < -0.39 is 0 Å². The summed E-state index contributed by atoms with van der Waals surface area (Å²) in [6, 6.07) is 1.09. The first-order valence-electron chi connectivity index (χ1n) is 5.58.